The number of hydrogen-bond donors (Lipinski definition) is 1. The predicted molar refractivity (Wildman–Crippen MR) is 97.6 cm³/mol. The molecule has 0 bridgehead atoms. The van der Waals surface area contributed by atoms with Crippen molar-refractivity contribution in [3.05, 3.63) is 36.1 Å². The Morgan fingerprint density at radius 1 is 1.32 bits per heavy atom. The van der Waals surface area contributed by atoms with Gasteiger partial charge in [0.05, 0.1) is 12.9 Å². The van der Waals surface area contributed by atoms with Gasteiger partial charge >= 0.3 is 5.97 Å². The zero-order valence-electron chi connectivity index (χ0n) is 14.6. The minimum atomic E-state index is -1.22. The smallest absolute Gasteiger partial charge is 0.321 e. The number of fused-ring (bicyclic) bond motifs is 1. The normalized spacial score (nSPS) is 13.4. The van der Waals surface area contributed by atoms with Crippen molar-refractivity contribution in [1.29, 1.82) is 0 Å². The lowest BCUT2D eigenvalue weighted by atomic mass is 9.84. The van der Waals surface area contributed by atoms with E-state index in [9.17, 15) is 9.59 Å². The number of ether oxygens (including phenoxy) is 1. The largest absolute Gasteiger partial charge is 0.465 e. The minimum absolute atomic E-state index is 0.240. The van der Waals surface area contributed by atoms with Crippen LogP contribution in [0.2, 0.25) is 0 Å². The van der Waals surface area contributed by atoms with Gasteiger partial charge in [0.2, 0.25) is 5.91 Å². The molecule has 1 N–H and O–H groups in total. The minimum Gasteiger partial charge on any atom is -0.465 e. The summed E-state index contributed by atoms with van der Waals surface area (Å²) in [6, 6.07) is 7.75. The maximum Gasteiger partial charge on any atom is 0.321 e. The van der Waals surface area contributed by atoms with Crippen LogP contribution >= 0.6 is 11.6 Å². The molecule has 0 radical (unpaired) electrons. The molecule has 25 heavy (non-hydrogen) atoms. The van der Waals surface area contributed by atoms with Crippen molar-refractivity contribution in [2.24, 2.45) is 5.41 Å². The highest BCUT2D eigenvalue weighted by molar-refractivity contribution is 6.17. The van der Waals surface area contributed by atoms with E-state index in [-0.39, 0.29) is 12.5 Å². The lowest BCUT2D eigenvalue weighted by Crippen LogP contribution is -2.46. The second-order valence-corrected chi connectivity index (χ2v) is 6.49. The van der Waals surface area contributed by atoms with Crippen LogP contribution in [0.5, 0.6) is 0 Å². The zero-order chi connectivity index (χ0) is 18.3. The van der Waals surface area contributed by atoms with Crippen molar-refractivity contribution in [3.63, 3.8) is 0 Å². The Balaban J connectivity index is 1.99. The van der Waals surface area contributed by atoms with Crippen LogP contribution < -0.4 is 5.32 Å². The van der Waals surface area contributed by atoms with Crippen LogP contribution in [0.15, 0.2) is 34.9 Å². The summed E-state index contributed by atoms with van der Waals surface area (Å²) in [5.74, 6) is -0.446. The molecule has 136 valence electrons. The molecule has 1 aromatic carbocycles. The molecule has 0 saturated carbocycles. The third-order valence-corrected chi connectivity index (χ3v) is 4.55. The molecule has 2 aromatic rings. The number of carbonyl (C=O) groups excluding carboxylic acids is 2. The molecule has 0 fully saturated rings. The molecule has 1 heterocycles. The van der Waals surface area contributed by atoms with Crippen LogP contribution in [-0.2, 0) is 20.7 Å². The van der Waals surface area contributed by atoms with Crippen LogP contribution in [-0.4, -0.2) is 30.9 Å². The third kappa shape index (κ3) is 4.54. The molecule has 1 atom stereocenters. The monoisotopic (exact) mass is 365 g/mol. The van der Waals surface area contributed by atoms with Crippen molar-refractivity contribution in [2.45, 2.75) is 33.1 Å². The van der Waals surface area contributed by atoms with Gasteiger partial charge in [-0.25, -0.2) is 0 Å². The van der Waals surface area contributed by atoms with Gasteiger partial charge in [-0.1, -0.05) is 18.2 Å². The standard InChI is InChI=1S/C19H24ClNO4/c1-3-24-18(23)19(2,10-6-11-20)17(22)21-12-9-14-13-25-16-8-5-4-7-15(14)16/h4-5,7-8,13H,3,6,9-12H2,1-2H3,(H,21,22). The van der Waals surface area contributed by atoms with Gasteiger partial charge in [-0.3, -0.25) is 9.59 Å². The van der Waals surface area contributed by atoms with E-state index >= 15 is 0 Å². The summed E-state index contributed by atoms with van der Waals surface area (Å²) in [6.45, 7) is 3.99. The summed E-state index contributed by atoms with van der Waals surface area (Å²) in [6.07, 6.45) is 3.25. The predicted octanol–water partition coefficient (Wildman–Crippen LogP) is 3.68. The number of halogens is 1. The number of carbonyl (C=O) groups is 2. The van der Waals surface area contributed by atoms with Crippen LogP contribution in [0, 0.1) is 5.41 Å². The van der Waals surface area contributed by atoms with Crippen LogP contribution in [0.1, 0.15) is 32.3 Å². The highest BCUT2D eigenvalue weighted by atomic mass is 35.5. The van der Waals surface area contributed by atoms with E-state index in [2.05, 4.69) is 5.32 Å². The van der Waals surface area contributed by atoms with Crippen molar-refractivity contribution < 1.29 is 18.7 Å². The lowest BCUT2D eigenvalue weighted by Gasteiger charge is -2.25. The first-order chi connectivity index (χ1) is 12.0. The van der Waals surface area contributed by atoms with Gasteiger partial charge in [0.25, 0.3) is 0 Å². The number of alkyl halides is 1. The topological polar surface area (TPSA) is 68.5 Å². The number of benzene rings is 1. The number of nitrogens with one attached hydrogen (secondary N) is 1. The Morgan fingerprint density at radius 3 is 2.80 bits per heavy atom. The van der Waals surface area contributed by atoms with Gasteiger partial charge in [0, 0.05) is 17.8 Å². The number of rotatable bonds is 9. The molecule has 1 aromatic heterocycles. The van der Waals surface area contributed by atoms with Crippen LogP contribution in [0.4, 0.5) is 0 Å². The summed E-state index contributed by atoms with van der Waals surface area (Å²) in [4.78, 5) is 24.8. The number of amides is 1. The molecule has 6 heteroatoms. The Hall–Kier alpha value is -2.01. The van der Waals surface area contributed by atoms with E-state index in [0.717, 1.165) is 16.5 Å². The molecule has 5 nitrogen and oxygen atoms in total. The number of furan rings is 1. The zero-order valence-corrected chi connectivity index (χ0v) is 15.4. The van der Waals surface area contributed by atoms with Gasteiger partial charge in [-0.05, 0) is 44.7 Å². The molecule has 1 amide bonds. The molecule has 2 rings (SSSR count). The molecule has 0 aliphatic rings. The fourth-order valence-electron chi connectivity index (χ4n) is 2.75. The summed E-state index contributed by atoms with van der Waals surface area (Å²) < 4.78 is 10.6. The molecule has 1 unspecified atom stereocenters. The second-order valence-electron chi connectivity index (χ2n) is 6.11. The van der Waals surface area contributed by atoms with E-state index in [1.54, 1.807) is 20.1 Å². The Kier molecular flexibility index (Phi) is 6.88. The number of hydrogen-bond acceptors (Lipinski definition) is 4. The summed E-state index contributed by atoms with van der Waals surface area (Å²) in [5, 5.41) is 3.88. The van der Waals surface area contributed by atoms with E-state index < -0.39 is 11.4 Å². The quantitative estimate of drug-likeness (QED) is 0.418. The first-order valence-corrected chi connectivity index (χ1v) is 9.03. The van der Waals surface area contributed by atoms with Crippen LogP contribution in [0.25, 0.3) is 11.0 Å². The molecular formula is C19H24ClNO4. The van der Waals surface area contributed by atoms with Gasteiger partial charge in [-0.15, -0.1) is 11.6 Å². The van der Waals surface area contributed by atoms with E-state index in [4.69, 9.17) is 20.8 Å². The van der Waals surface area contributed by atoms with Gasteiger partial charge < -0.3 is 14.5 Å². The number of para-hydroxylation sites is 1. The summed E-state index contributed by atoms with van der Waals surface area (Å²) in [7, 11) is 0. The van der Waals surface area contributed by atoms with Crippen molar-refractivity contribution in [3.8, 4) is 0 Å². The highest BCUT2D eigenvalue weighted by Gasteiger charge is 2.41. The third-order valence-electron chi connectivity index (χ3n) is 4.28. The SMILES string of the molecule is CCOC(=O)C(C)(CCCCl)C(=O)NCCc1coc2ccccc12. The van der Waals surface area contributed by atoms with Crippen molar-refractivity contribution >= 4 is 34.4 Å². The van der Waals surface area contributed by atoms with Crippen molar-refractivity contribution in [2.75, 3.05) is 19.0 Å². The average molecular weight is 366 g/mol. The average Bonchev–Trinajstić information content (AvgIpc) is 3.03. The van der Waals surface area contributed by atoms with E-state index in [1.165, 1.54) is 0 Å². The molecule has 0 spiro atoms. The summed E-state index contributed by atoms with van der Waals surface area (Å²) in [5.41, 5.74) is 0.625. The Labute approximate surface area is 152 Å². The van der Waals surface area contributed by atoms with Crippen LogP contribution in [0.3, 0.4) is 0 Å². The fraction of sp³-hybridized carbons (Fsp3) is 0.474. The lowest BCUT2D eigenvalue weighted by molar-refractivity contribution is -0.160. The van der Waals surface area contributed by atoms with E-state index in [0.29, 0.717) is 31.7 Å². The number of esters is 1. The fourth-order valence-corrected chi connectivity index (χ4v) is 2.88. The van der Waals surface area contributed by atoms with Crippen molar-refractivity contribution in [1.82, 2.24) is 5.32 Å². The molecule has 0 aliphatic heterocycles. The van der Waals surface area contributed by atoms with Gasteiger partial charge in [0.1, 0.15) is 11.0 Å². The Bertz CT molecular complexity index is 727. The van der Waals surface area contributed by atoms with E-state index in [1.807, 2.05) is 24.3 Å². The first-order valence-electron chi connectivity index (χ1n) is 8.49. The molecular weight excluding hydrogens is 342 g/mol. The molecule has 0 aliphatic carbocycles. The molecule has 0 saturated heterocycles. The maximum atomic E-state index is 12.6. The maximum absolute atomic E-state index is 12.6. The first kappa shape index (κ1) is 19.3. The summed E-state index contributed by atoms with van der Waals surface area (Å²) >= 11 is 5.73. The Morgan fingerprint density at radius 2 is 2.08 bits per heavy atom. The second kappa shape index (κ2) is 8.90. The van der Waals surface area contributed by atoms with Gasteiger partial charge in [0.15, 0.2) is 0 Å². The van der Waals surface area contributed by atoms with Gasteiger partial charge in [-0.2, -0.15) is 0 Å². The highest BCUT2D eigenvalue weighted by Crippen LogP contribution is 2.26.